The monoisotopic (exact) mass is 416 g/mol. The topological polar surface area (TPSA) is 26.3 Å². The molecule has 0 atom stereocenters. The Bertz CT molecular complexity index is 1010. The molecule has 0 aliphatic carbocycles. The number of ether oxygens (including phenoxy) is 1. The summed E-state index contributed by atoms with van der Waals surface area (Å²) in [5.41, 5.74) is 2.91. The number of benzene rings is 3. The molecule has 3 aromatic carbocycles. The van der Waals surface area contributed by atoms with Crippen LogP contribution < -0.4 is 4.74 Å². The van der Waals surface area contributed by atoms with Crippen LogP contribution in [-0.2, 0) is 16.7 Å². The second-order valence-corrected chi connectivity index (χ2v) is 7.63. The van der Waals surface area contributed by atoms with E-state index in [1.165, 1.54) is 19.1 Å². The summed E-state index contributed by atoms with van der Waals surface area (Å²) in [7, 11) is 0. The molecule has 0 aromatic heterocycles. The third-order valence-electron chi connectivity index (χ3n) is 4.28. The SMILES string of the molecule is CC(=O)Oc1ccc(SCc2cccc(-c3ccc(C(F)(F)F)cc3)c2)cc1C. The molecule has 3 rings (SSSR count). The fourth-order valence-electron chi connectivity index (χ4n) is 2.84. The number of hydrogen-bond acceptors (Lipinski definition) is 3. The summed E-state index contributed by atoms with van der Waals surface area (Å²) in [5, 5.41) is 0. The van der Waals surface area contributed by atoms with E-state index in [2.05, 4.69) is 0 Å². The van der Waals surface area contributed by atoms with Gasteiger partial charge in [-0.05, 0) is 59.5 Å². The predicted octanol–water partition coefficient (Wildman–Crippen LogP) is 6.90. The molecule has 0 radical (unpaired) electrons. The highest BCUT2D eigenvalue weighted by atomic mass is 32.2. The van der Waals surface area contributed by atoms with Gasteiger partial charge in [-0.1, -0.05) is 36.4 Å². The van der Waals surface area contributed by atoms with E-state index in [0.717, 1.165) is 39.3 Å². The lowest BCUT2D eigenvalue weighted by atomic mass is 10.0. The zero-order chi connectivity index (χ0) is 21.0. The van der Waals surface area contributed by atoms with Gasteiger partial charge in [-0.3, -0.25) is 4.79 Å². The Morgan fingerprint density at radius 3 is 2.31 bits per heavy atom. The van der Waals surface area contributed by atoms with Crippen molar-refractivity contribution in [2.24, 2.45) is 0 Å². The lowest BCUT2D eigenvalue weighted by Gasteiger charge is -2.10. The second kappa shape index (κ2) is 8.74. The van der Waals surface area contributed by atoms with Crippen LogP contribution in [-0.4, -0.2) is 5.97 Å². The summed E-state index contributed by atoms with van der Waals surface area (Å²) in [4.78, 5) is 12.1. The molecule has 6 heteroatoms. The van der Waals surface area contributed by atoms with Crippen molar-refractivity contribution >= 4 is 17.7 Å². The van der Waals surface area contributed by atoms with Gasteiger partial charge in [0.1, 0.15) is 5.75 Å². The molecule has 150 valence electrons. The standard InChI is InChI=1S/C23H19F3O2S/c1-15-12-21(10-11-22(15)28-16(2)27)29-14-17-4-3-5-19(13-17)18-6-8-20(9-7-18)23(24,25)26/h3-13H,14H2,1-2H3. The predicted molar refractivity (Wildman–Crippen MR) is 109 cm³/mol. The summed E-state index contributed by atoms with van der Waals surface area (Å²) in [6, 6.07) is 18.6. The van der Waals surface area contributed by atoms with Crippen LogP contribution in [0.3, 0.4) is 0 Å². The lowest BCUT2D eigenvalue weighted by Crippen LogP contribution is -2.03. The Hall–Kier alpha value is -2.73. The summed E-state index contributed by atoms with van der Waals surface area (Å²) < 4.78 is 43.3. The van der Waals surface area contributed by atoms with Crippen LogP contribution in [0, 0.1) is 6.92 Å². The van der Waals surface area contributed by atoms with Crippen molar-refractivity contribution in [2.75, 3.05) is 0 Å². The maximum Gasteiger partial charge on any atom is 0.416 e. The number of esters is 1. The Kier molecular flexibility index (Phi) is 6.33. The van der Waals surface area contributed by atoms with Crippen LogP contribution in [0.25, 0.3) is 11.1 Å². The molecule has 0 amide bonds. The summed E-state index contributed by atoms with van der Waals surface area (Å²) in [6.07, 6.45) is -4.33. The van der Waals surface area contributed by atoms with E-state index in [4.69, 9.17) is 4.74 Å². The van der Waals surface area contributed by atoms with Gasteiger partial charge < -0.3 is 4.74 Å². The molecule has 0 fully saturated rings. The first-order valence-corrected chi connectivity index (χ1v) is 9.89. The lowest BCUT2D eigenvalue weighted by molar-refractivity contribution is -0.137. The van der Waals surface area contributed by atoms with E-state index < -0.39 is 11.7 Å². The summed E-state index contributed by atoms with van der Waals surface area (Å²) in [5.74, 6) is 0.903. The molecule has 0 saturated carbocycles. The number of thioether (sulfide) groups is 1. The molecule has 0 aliphatic rings. The van der Waals surface area contributed by atoms with Crippen molar-refractivity contribution in [2.45, 2.75) is 30.7 Å². The summed E-state index contributed by atoms with van der Waals surface area (Å²) >= 11 is 1.64. The first kappa shape index (κ1) is 21.0. The van der Waals surface area contributed by atoms with E-state index >= 15 is 0 Å². The van der Waals surface area contributed by atoms with Crippen LogP contribution in [0.5, 0.6) is 5.75 Å². The van der Waals surface area contributed by atoms with Gasteiger partial charge in [0, 0.05) is 17.6 Å². The summed E-state index contributed by atoms with van der Waals surface area (Å²) in [6.45, 7) is 3.25. The van der Waals surface area contributed by atoms with Gasteiger partial charge >= 0.3 is 12.1 Å². The Morgan fingerprint density at radius 2 is 1.69 bits per heavy atom. The number of aryl methyl sites for hydroxylation is 1. The van der Waals surface area contributed by atoms with Crippen LogP contribution in [0.4, 0.5) is 13.2 Å². The molecule has 0 N–H and O–H groups in total. The van der Waals surface area contributed by atoms with Crippen LogP contribution in [0.2, 0.25) is 0 Å². The highest BCUT2D eigenvalue weighted by Crippen LogP contribution is 2.32. The van der Waals surface area contributed by atoms with Crippen molar-refractivity contribution in [1.82, 2.24) is 0 Å². The zero-order valence-electron chi connectivity index (χ0n) is 15.9. The van der Waals surface area contributed by atoms with Crippen LogP contribution in [0.1, 0.15) is 23.6 Å². The van der Waals surface area contributed by atoms with Crippen LogP contribution in [0.15, 0.2) is 71.6 Å². The smallest absolute Gasteiger partial charge is 0.416 e. The van der Waals surface area contributed by atoms with Gasteiger partial charge in [-0.15, -0.1) is 11.8 Å². The van der Waals surface area contributed by atoms with Crippen molar-refractivity contribution in [3.05, 3.63) is 83.4 Å². The highest BCUT2D eigenvalue weighted by Gasteiger charge is 2.29. The molecule has 29 heavy (non-hydrogen) atoms. The van der Waals surface area contributed by atoms with Crippen LogP contribution >= 0.6 is 11.8 Å². The fraction of sp³-hybridized carbons (Fsp3) is 0.174. The minimum Gasteiger partial charge on any atom is -0.426 e. The molecule has 0 spiro atoms. The van der Waals surface area contributed by atoms with Gasteiger partial charge in [0.05, 0.1) is 5.56 Å². The number of carbonyl (C=O) groups excluding carboxylic acids is 1. The van der Waals surface area contributed by atoms with Gasteiger partial charge in [0.25, 0.3) is 0 Å². The van der Waals surface area contributed by atoms with Crippen molar-refractivity contribution in [1.29, 1.82) is 0 Å². The van der Waals surface area contributed by atoms with Gasteiger partial charge in [0.15, 0.2) is 0 Å². The quantitative estimate of drug-likeness (QED) is 0.257. The second-order valence-electron chi connectivity index (χ2n) is 6.59. The van der Waals surface area contributed by atoms with Crippen molar-refractivity contribution < 1.29 is 22.7 Å². The minimum atomic E-state index is -4.33. The average Bonchev–Trinajstić information content (AvgIpc) is 2.68. The van der Waals surface area contributed by atoms with Gasteiger partial charge in [-0.2, -0.15) is 13.2 Å². The number of halogens is 3. The molecular weight excluding hydrogens is 397 g/mol. The molecular formula is C23H19F3O2S. The number of hydrogen-bond donors (Lipinski definition) is 0. The minimum absolute atomic E-state index is 0.353. The van der Waals surface area contributed by atoms with Gasteiger partial charge in [-0.25, -0.2) is 0 Å². The van der Waals surface area contributed by atoms with E-state index in [0.29, 0.717) is 11.5 Å². The largest absolute Gasteiger partial charge is 0.426 e. The molecule has 0 saturated heterocycles. The molecule has 0 unspecified atom stereocenters. The van der Waals surface area contributed by atoms with E-state index in [1.54, 1.807) is 17.8 Å². The number of rotatable bonds is 5. The Morgan fingerprint density at radius 1 is 0.966 bits per heavy atom. The molecule has 0 heterocycles. The maximum absolute atomic E-state index is 12.7. The first-order chi connectivity index (χ1) is 13.7. The van der Waals surface area contributed by atoms with E-state index in [1.807, 2.05) is 43.3 Å². The third-order valence-corrected chi connectivity index (χ3v) is 5.34. The molecule has 2 nitrogen and oxygen atoms in total. The highest BCUT2D eigenvalue weighted by molar-refractivity contribution is 7.98. The maximum atomic E-state index is 12.7. The molecule has 0 aliphatic heterocycles. The van der Waals surface area contributed by atoms with Crippen molar-refractivity contribution in [3.8, 4) is 16.9 Å². The fourth-order valence-corrected chi connectivity index (χ4v) is 3.78. The Labute approximate surface area is 171 Å². The Balaban J connectivity index is 1.70. The van der Waals surface area contributed by atoms with Crippen molar-refractivity contribution in [3.63, 3.8) is 0 Å². The zero-order valence-corrected chi connectivity index (χ0v) is 16.7. The molecule has 3 aromatic rings. The average molecular weight is 416 g/mol. The normalized spacial score (nSPS) is 11.3. The van der Waals surface area contributed by atoms with E-state index in [9.17, 15) is 18.0 Å². The first-order valence-electron chi connectivity index (χ1n) is 8.91. The molecule has 0 bridgehead atoms. The van der Waals surface area contributed by atoms with E-state index in [-0.39, 0.29) is 5.97 Å². The number of carbonyl (C=O) groups is 1. The van der Waals surface area contributed by atoms with Gasteiger partial charge in [0.2, 0.25) is 0 Å². The number of alkyl halides is 3. The third kappa shape index (κ3) is 5.64.